The SMILES string of the molecule is CC(C)CO/[Si](=C\O[Si](C)(C)C)CCCCNC(=O)NCCCCCC(C(C)C[Si](C)=O)[Si](C)(C)C. The summed E-state index contributed by atoms with van der Waals surface area (Å²) in [6.45, 7) is 24.6. The maximum Gasteiger partial charge on any atom is 0.314 e. The summed E-state index contributed by atoms with van der Waals surface area (Å²) in [5.74, 6) is 3.08. The van der Waals surface area contributed by atoms with Crippen LogP contribution in [0.15, 0.2) is 0 Å². The van der Waals surface area contributed by atoms with E-state index < -0.39 is 33.7 Å². The molecule has 0 fully saturated rings. The minimum absolute atomic E-state index is 0.0631. The Labute approximate surface area is 228 Å². The Bertz CT molecular complexity index is 661. The van der Waals surface area contributed by atoms with Gasteiger partial charge in [0.05, 0.1) is 12.5 Å². The van der Waals surface area contributed by atoms with E-state index in [9.17, 15) is 9.26 Å². The molecule has 2 amide bonds. The maximum atomic E-state index is 12.1. The Morgan fingerprint density at radius 2 is 1.50 bits per heavy atom. The number of carbonyl (C=O) groups is 1. The molecule has 0 radical (unpaired) electrons. The summed E-state index contributed by atoms with van der Waals surface area (Å²) in [6, 6.07) is 1.84. The van der Waals surface area contributed by atoms with Gasteiger partial charge >= 0.3 is 6.03 Å². The van der Waals surface area contributed by atoms with Gasteiger partial charge in [-0.05, 0) is 74.9 Å². The van der Waals surface area contributed by atoms with E-state index in [0.29, 0.717) is 18.4 Å². The topological polar surface area (TPSA) is 76.7 Å². The molecule has 0 saturated carbocycles. The van der Waals surface area contributed by atoms with Crippen LogP contribution in [0, 0.1) is 11.8 Å². The van der Waals surface area contributed by atoms with Crippen molar-refractivity contribution in [3.8, 4) is 0 Å². The fraction of sp³-hybridized carbons (Fsp3) is 0.923. The van der Waals surface area contributed by atoms with Crippen molar-refractivity contribution >= 4 is 45.6 Å². The molecule has 0 rings (SSSR count). The monoisotopic (exact) mass is 574 g/mol. The number of amides is 2. The van der Waals surface area contributed by atoms with E-state index in [-0.39, 0.29) is 6.03 Å². The highest BCUT2D eigenvalue weighted by molar-refractivity contribution is 6.77. The summed E-state index contributed by atoms with van der Waals surface area (Å²) < 4.78 is 23.9. The van der Waals surface area contributed by atoms with E-state index in [1.165, 1.54) is 12.8 Å². The molecule has 2 unspecified atom stereocenters. The van der Waals surface area contributed by atoms with E-state index in [1.807, 2.05) is 12.4 Å². The lowest BCUT2D eigenvalue weighted by atomic mass is 10.0. The smallest absolute Gasteiger partial charge is 0.314 e. The van der Waals surface area contributed by atoms with Crippen molar-refractivity contribution in [2.24, 2.45) is 11.8 Å². The molecule has 0 aliphatic heterocycles. The molecular weight excluding hydrogens is 517 g/mol. The Morgan fingerprint density at radius 1 is 0.917 bits per heavy atom. The summed E-state index contributed by atoms with van der Waals surface area (Å²) >= 11 is 0. The number of hydrogen-bond acceptors (Lipinski definition) is 4. The van der Waals surface area contributed by atoms with Crippen molar-refractivity contribution in [2.45, 2.75) is 123 Å². The van der Waals surface area contributed by atoms with Crippen LogP contribution in [0.25, 0.3) is 0 Å². The highest BCUT2D eigenvalue weighted by Gasteiger charge is 2.31. The second kappa shape index (κ2) is 18.6. The number of urea groups is 1. The summed E-state index contributed by atoms with van der Waals surface area (Å²) in [7, 11) is -5.33. The third kappa shape index (κ3) is 20.5. The number of unbranched alkanes of at least 4 members (excludes halogenated alkanes) is 3. The lowest BCUT2D eigenvalue weighted by Crippen LogP contribution is -2.36. The number of carbonyl (C=O) groups excluding carboxylic acids is 1. The van der Waals surface area contributed by atoms with E-state index in [0.717, 1.165) is 56.5 Å². The average molecular weight is 575 g/mol. The van der Waals surface area contributed by atoms with Crippen LogP contribution in [0.2, 0.25) is 63.5 Å². The molecule has 0 bridgehead atoms. The zero-order valence-electron chi connectivity index (χ0n) is 25.2. The molecule has 0 aromatic carbocycles. The minimum atomic E-state index is -1.58. The van der Waals surface area contributed by atoms with Crippen LogP contribution in [0.1, 0.15) is 59.3 Å². The first-order chi connectivity index (χ1) is 16.6. The van der Waals surface area contributed by atoms with Crippen molar-refractivity contribution < 1.29 is 18.1 Å². The zero-order chi connectivity index (χ0) is 27.8. The van der Waals surface area contributed by atoms with Crippen LogP contribution in [0.4, 0.5) is 4.79 Å². The molecule has 36 heavy (non-hydrogen) atoms. The molecule has 0 aromatic heterocycles. The Hall–Kier alpha value is -0.592. The van der Waals surface area contributed by atoms with Crippen LogP contribution >= 0.6 is 0 Å². The van der Waals surface area contributed by atoms with E-state index in [4.69, 9.17) is 8.85 Å². The fourth-order valence-corrected chi connectivity index (χ4v) is 12.1. The van der Waals surface area contributed by atoms with Gasteiger partial charge in [-0.1, -0.05) is 59.7 Å². The van der Waals surface area contributed by atoms with Crippen LogP contribution in [0.5, 0.6) is 0 Å². The lowest BCUT2D eigenvalue weighted by Gasteiger charge is -2.34. The standard InChI is InChI=1S/C26H58N2O4Si4/c1-23(2)20-31-34(22-32-36(8,9)10)19-15-14-18-28-26(29)27-17-13-11-12-16-25(35(5,6)7)24(3)21-33(4)30/h22-25H,11-21H2,1-10H3,(H2,27,28,29)/b34-22-. The van der Waals surface area contributed by atoms with Crippen molar-refractivity contribution in [1.29, 1.82) is 0 Å². The quantitative estimate of drug-likeness (QED) is 0.123. The summed E-state index contributed by atoms with van der Waals surface area (Å²) in [6.07, 6.45) is 6.54. The molecule has 0 aliphatic rings. The van der Waals surface area contributed by atoms with Gasteiger partial charge in [0.25, 0.3) is 17.3 Å². The number of nitrogens with one attached hydrogen (secondary N) is 2. The van der Waals surface area contributed by atoms with Crippen LogP contribution in [0.3, 0.4) is 0 Å². The average Bonchev–Trinajstić information content (AvgIpc) is 2.71. The normalized spacial score (nSPS) is 14.4. The fourth-order valence-electron chi connectivity index (χ4n) is 4.40. The second-order valence-electron chi connectivity index (χ2n) is 12.9. The predicted octanol–water partition coefficient (Wildman–Crippen LogP) is 6.88. The Morgan fingerprint density at radius 3 is 2.00 bits per heavy atom. The van der Waals surface area contributed by atoms with Crippen LogP contribution < -0.4 is 10.6 Å². The van der Waals surface area contributed by atoms with Crippen molar-refractivity contribution in [1.82, 2.24) is 10.6 Å². The van der Waals surface area contributed by atoms with Crippen molar-refractivity contribution in [2.75, 3.05) is 19.7 Å². The molecule has 2 N–H and O–H groups in total. The summed E-state index contributed by atoms with van der Waals surface area (Å²) in [5.41, 5.74) is 0.722. The molecule has 10 heteroatoms. The molecule has 2 atom stereocenters. The number of hydrogen-bond donors (Lipinski definition) is 2. The maximum absolute atomic E-state index is 12.1. The highest BCUT2D eigenvalue weighted by atomic mass is 28.4. The van der Waals surface area contributed by atoms with E-state index >= 15 is 0 Å². The Kier molecular flexibility index (Phi) is 18.3. The number of rotatable bonds is 20. The van der Waals surface area contributed by atoms with Gasteiger partial charge in [-0.3, -0.25) is 0 Å². The van der Waals surface area contributed by atoms with E-state index in [2.05, 4.69) is 70.7 Å². The molecule has 6 nitrogen and oxygen atoms in total. The molecule has 0 heterocycles. The van der Waals surface area contributed by atoms with Gasteiger partial charge < -0.3 is 23.9 Å². The molecule has 0 aliphatic carbocycles. The summed E-state index contributed by atoms with van der Waals surface area (Å²) in [4.78, 5) is 12.1. The van der Waals surface area contributed by atoms with E-state index in [1.54, 1.807) is 0 Å². The minimum Gasteiger partial charge on any atom is -0.550 e. The highest BCUT2D eigenvalue weighted by Crippen LogP contribution is 2.37. The zero-order valence-corrected chi connectivity index (χ0v) is 29.2. The van der Waals surface area contributed by atoms with Gasteiger partial charge in [-0.2, -0.15) is 0 Å². The molecular formula is C26H58N2O4Si4. The van der Waals surface area contributed by atoms with Crippen LogP contribution in [-0.4, -0.2) is 65.3 Å². The van der Waals surface area contributed by atoms with Crippen molar-refractivity contribution in [3.05, 3.63) is 0 Å². The predicted molar refractivity (Wildman–Crippen MR) is 164 cm³/mol. The molecule has 0 saturated heterocycles. The lowest BCUT2D eigenvalue weighted by molar-refractivity contribution is 0.240. The van der Waals surface area contributed by atoms with Gasteiger partial charge in [-0.15, -0.1) is 0 Å². The molecule has 0 spiro atoms. The third-order valence-electron chi connectivity index (χ3n) is 6.17. The largest absolute Gasteiger partial charge is 0.550 e. The van der Waals surface area contributed by atoms with Gasteiger partial charge in [0.15, 0.2) is 0 Å². The molecule has 0 aromatic rings. The second-order valence-corrected chi connectivity index (χ2v) is 26.6. The van der Waals surface area contributed by atoms with Crippen LogP contribution in [-0.2, 0) is 13.3 Å². The third-order valence-corrected chi connectivity index (χ3v) is 13.3. The van der Waals surface area contributed by atoms with Gasteiger partial charge in [0.1, 0.15) is 0 Å². The van der Waals surface area contributed by atoms with Crippen molar-refractivity contribution in [3.63, 3.8) is 0 Å². The van der Waals surface area contributed by atoms with Gasteiger partial charge in [0.2, 0.25) is 8.32 Å². The first kappa shape index (κ1) is 35.4. The first-order valence-corrected chi connectivity index (χ1v) is 24.9. The van der Waals surface area contributed by atoms with Gasteiger partial charge in [-0.25, -0.2) is 4.79 Å². The Balaban J connectivity index is 4.11. The molecule has 212 valence electrons. The first-order valence-electron chi connectivity index (χ1n) is 14.1. The summed E-state index contributed by atoms with van der Waals surface area (Å²) in [5, 5.41) is 5.99. The van der Waals surface area contributed by atoms with Gasteiger partial charge in [0, 0.05) is 21.2 Å².